The van der Waals surface area contributed by atoms with Gasteiger partial charge >= 0.3 is 0 Å². The first-order valence-electron chi connectivity index (χ1n) is 2.46. The van der Waals surface area contributed by atoms with Crippen molar-refractivity contribution in [2.24, 2.45) is 0 Å². The van der Waals surface area contributed by atoms with E-state index in [-0.39, 0.29) is 0 Å². The molecule has 0 aromatic rings. The molecule has 0 bridgehead atoms. The quantitative estimate of drug-likeness (QED) is 0.474. The summed E-state index contributed by atoms with van der Waals surface area (Å²) in [6.45, 7) is 3.06. The predicted molar refractivity (Wildman–Crippen MR) is 30.9 cm³/mol. The first-order chi connectivity index (χ1) is 3.39. The number of hydrogen-bond donors (Lipinski definition) is 1. The minimum atomic E-state index is 0.983. The van der Waals surface area contributed by atoms with E-state index in [1.807, 2.05) is 6.20 Å². The average Bonchev–Trinajstić information content (AvgIpc) is 1.69. The SMILES string of the molecule is CC1=CNCC=C1. The lowest BCUT2D eigenvalue weighted by molar-refractivity contribution is 0.955. The van der Waals surface area contributed by atoms with Crippen LogP contribution in [0.3, 0.4) is 0 Å². The molecule has 0 fully saturated rings. The van der Waals surface area contributed by atoms with E-state index in [0.717, 1.165) is 6.54 Å². The van der Waals surface area contributed by atoms with Crippen molar-refractivity contribution < 1.29 is 0 Å². The molecular weight excluding hydrogens is 86.1 g/mol. The van der Waals surface area contributed by atoms with Crippen LogP contribution in [0, 0.1) is 0 Å². The molecule has 0 aliphatic carbocycles. The molecule has 0 spiro atoms. The second-order valence-electron chi connectivity index (χ2n) is 1.70. The lowest BCUT2D eigenvalue weighted by atomic mass is 10.2. The Hall–Kier alpha value is -0.720. The summed E-state index contributed by atoms with van der Waals surface area (Å²) in [5.41, 5.74) is 1.30. The Morgan fingerprint density at radius 3 is 2.86 bits per heavy atom. The topological polar surface area (TPSA) is 12.0 Å². The molecular formula is C6H9N. The van der Waals surface area contributed by atoms with Crippen LogP contribution in [0.1, 0.15) is 6.92 Å². The lowest BCUT2D eigenvalue weighted by Crippen LogP contribution is -2.07. The maximum Gasteiger partial charge on any atom is 0.0328 e. The fourth-order valence-electron chi connectivity index (χ4n) is 0.581. The third-order valence-electron chi connectivity index (χ3n) is 0.946. The van der Waals surface area contributed by atoms with E-state index in [9.17, 15) is 0 Å². The van der Waals surface area contributed by atoms with Crippen LogP contribution in [0.2, 0.25) is 0 Å². The molecule has 0 saturated carbocycles. The fraction of sp³-hybridized carbons (Fsp3) is 0.333. The summed E-state index contributed by atoms with van der Waals surface area (Å²) < 4.78 is 0. The van der Waals surface area contributed by atoms with Crippen LogP contribution >= 0.6 is 0 Å². The van der Waals surface area contributed by atoms with Crippen molar-refractivity contribution in [3.05, 3.63) is 23.9 Å². The number of rotatable bonds is 0. The summed E-state index contributed by atoms with van der Waals surface area (Å²) in [5.74, 6) is 0. The highest BCUT2D eigenvalue weighted by Crippen LogP contribution is 1.94. The predicted octanol–water partition coefficient (Wildman–Crippen LogP) is 1.05. The van der Waals surface area contributed by atoms with Gasteiger partial charge in [-0.3, -0.25) is 0 Å². The Morgan fingerprint density at radius 2 is 2.57 bits per heavy atom. The minimum absolute atomic E-state index is 0.983. The van der Waals surface area contributed by atoms with Crippen LogP contribution in [0.15, 0.2) is 23.9 Å². The van der Waals surface area contributed by atoms with Gasteiger partial charge < -0.3 is 5.32 Å². The molecule has 0 unspecified atom stereocenters. The maximum absolute atomic E-state index is 3.09. The summed E-state index contributed by atoms with van der Waals surface area (Å²) >= 11 is 0. The Morgan fingerprint density at radius 1 is 1.71 bits per heavy atom. The van der Waals surface area contributed by atoms with Crippen molar-refractivity contribution in [2.45, 2.75) is 6.92 Å². The first kappa shape index (κ1) is 4.44. The zero-order chi connectivity index (χ0) is 5.11. The van der Waals surface area contributed by atoms with Crippen LogP contribution in [0.4, 0.5) is 0 Å². The Bertz CT molecular complexity index is 111. The summed E-state index contributed by atoms with van der Waals surface area (Å²) in [6, 6.07) is 0. The molecule has 0 aromatic carbocycles. The van der Waals surface area contributed by atoms with E-state index in [1.165, 1.54) is 5.57 Å². The van der Waals surface area contributed by atoms with E-state index < -0.39 is 0 Å². The van der Waals surface area contributed by atoms with Crippen LogP contribution < -0.4 is 5.32 Å². The molecule has 0 amide bonds. The van der Waals surface area contributed by atoms with Gasteiger partial charge in [0.2, 0.25) is 0 Å². The number of hydrogen-bond acceptors (Lipinski definition) is 1. The van der Waals surface area contributed by atoms with Crippen molar-refractivity contribution in [1.82, 2.24) is 5.32 Å². The summed E-state index contributed by atoms with van der Waals surface area (Å²) in [6.07, 6.45) is 6.23. The van der Waals surface area contributed by atoms with Gasteiger partial charge in [-0.25, -0.2) is 0 Å². The Labute approximate surface area is 43.7 Å². The molecule has 1 heteroatoms. The van der Waals surface area contributed by atoms with Crippen LogP contribution in [0.5, 0.6) is 0 Å². The van der Waals surface area contributed by atoms with E-state index in [4.69, 9.17) is 0 Å². The van der Waals surface area contributed by atoms with Gasteiger partial charge in [-0.05, 0) is 18.7 Å². The van der Waals surface area contributed by atoms with Crippen molar-refractivity contribution >= 4 is 0 Å². The molecule has 1 heterocycles. The van der Waals surface area contributed by atoms with E-state index in [0.29, 0.717) is 0 Å². The molecule has 1 aliphatic rings. The average molecular weight is 95.1 g/mol. The Balaban J connectivity index is 2.58. The van der Waals surface area contributed by atoms with Gasteiger partial charge in [0.25, 0.3) is 0 Å². The van der Waals surface area contributed by atoms with Crippen molar-refractivity contribution in [1.29, 1.82) is 0 Å². The smallest absolute Gasteiger partial charge is 0.0328 e. The molecule has 1 aliphatic heterocycles. The van der Waals surface area contributed by atoms with E-state index in [1.54, 1.807) is 0 Å². The van der Waals surface area contributed by atoms with Crippen LogP contribution in [-0.4, -0.2) is 6.54 Å². The fourth-order valence-corrected chi connectivity index (χ4v) is 0.581. The second kappa shape index (κ2) is 1.82. The highest BCUT2D eigenvalue weighted by atomic mass is 14.8. The zero-order valence-electron chi connectivity index (χ0n) is 4.44. The van der Waals surface area contributed by atoms with Crippen LogP contribution in [0.25, 0.3) is 0 Å². The molecule has 0 atom stereocenters. The second-order valence-corrected chi connectivity index (χ2v) is 1.70. The van der Waals surface area contributed by atoms with Crippen molar-refractivity contribution in [3.63, 3.8) is 0 Å². The molecule has 1 nitrogen and oxygen atoms in total. The largest absolute Gasteiger partial charge is 0.387 e. The highest BCUT2D eigenvalue weighted by molar-refractivity contribution is 5.18. The normalized spacial score (nSPS) is 18.1. The standard InChI is InChI=1S/C6H9N/c1-6-3-2-4-7-5-6/h2-3,5,7H,4H2,1H3. The summed E-state index contributed by atoms with van der Waals surface area (Å²) in [7, 11) is 0. The third-order valence-corrected chi connectivity index (χ3v) is 0.946. The Kier molecular flexibility index (Phi) is 1.16. The molecule has 0 aromatic heterocycles. The number of allylic oxidation sites excluding steroid dienone is 2. The summed E-state index contributed by atoms with van der Waals surface area (Å²) in [5, 5.41) is 3.09. The first-order valence-corrected chi connectivity index (χ1v) is 2.46. The third kappa shape index (κ3) is 1.07. The van der Waals surface area contributed by atoms with Gasteiger partial charge in [-0.15, -0.1) is 0 Å². The summed E-state index contributed by atoms with van der Waals surface area (Å²) in [4.78, 5) is 0. The maximum atomic E-state index is 3.09. The van der Waals surface area contributed by atoms with Gasteiger partial charge in [-0.1, -0.05) is 12.2 Å². The molecule has 1 N–H and O–H groups in total. The van der Waals surface area contributed by atoms with Crippen molar-refractivity contribution in [2.75, 3.05) is 6.54 Å². The number of dihydropyridines is 1. The molecule has 0 saturated heterocycles. The molecule has 7 heavy (non-hydrogen) atoms. The monoisotopic (exact) mass is 95.1 g/mol. The molecule has 0 radical (unpaired) electrons. The van der Waals surface area contributed by atoms with Gasteiger partial charge in [0, 0.05) is 6.54 Å². The van der Waals surface area contributed by atoms with Gasteiger partial charge in [0.1, 0.15) is 0 Å². The minimum Gasteiger partial charge on any atom is -0.387 e. The van der Waals surface area contributed by atoms with Gasteiger partial charge in [0.15, 0.2) is 0 Å². The zero-order valence-corrected chi connectivity index (χ0v) is 4.44. The van der Waals surface area contributed by atoms with Gasteiger partial charge in [-0.2, -0.15) is 0 Å². The molecule has 1 rings (SSSR count). The number of nitrogens with one attached hydrogen (secondary N) is 1. The highest BCUT2D eigenvalue weighted by Gasteiger charge is 1.84. The van der Waals surface area contributed by atoms with E-state index >= 15 is 0 Å². The van der Waals surface area contributed by atoms with Crippen LogP contribution in [-0.2, 0) is 0 Å². The van der Waals surface area contributed by atoms with Crippen molar-refractivity contribution in [3.8, 4) is 0 Å². The van der Waals surface area contributed by atoms with E-state index in [2.05, 4.69) is 24.4 Å². The lowest BCUT2D eigenvalue weighted by Gasteiger charge is -2.00. The van der Waals surface area contributed by atoms with Gasteiger partial charge in [0.05, 0.1) is 0 Å². The molecule has 38 valence electrons.